The zero-order valence-corrected chi connectivity index (χ0v) is 14.2. The van der Waals surface area contributed by atoms with Crippen LogP contribution in [0.3, 0.4) is 0 Å². The van der Waals surface area contributed by atoms with Crippen LogP contribution in [-0.4, -0.2) is 34.5 Å². The van der Waals surface area contributed by atoms with Crippen LogP contribution < -0.4 is 9.64 Å². The number of alkyl halides is 1. The van der Waals surface area contributed by atoms with E-state index in [-0.39, 0.29) is 0 Å². The molecule has 2 unspecified atom stereocenters. The molecule has 0 aromatic carbocycles. The molecule has 1 aromatic rings. The molecule has 1 heterocycles. The highest BCUT2D eigenvalue weighted by Crippen LogP contribution is 2.30. The first-order valence-electron chi connectivity index (χ1n) is 7.47. The topological polar surface area (TPSA) is 38.2 Å². The van der Waals surface area contributed by atoms with Crippen LogP contribution in [0, 0.1) is 6.92 Å². The van der Waals surface area contributed by atoms with E-state index in [1.165, 1.54) is 25.7 Å². The molecule has 0 bridgehead atoms. The van der Waals surface area contributed by atoms with Gasteiger partial charge in [-0.3, -0.25) is 0 Å². The number of aryl methyl sites for hydroxylation is 1. The normalized spacial score (nSPS) is 22.6. The van der Waals surface area contributed by atoms with E-state index >= 15 is 0 Å². The summed E-state index contributed by atoms with van der Waals surface area (Å²) in [5.41, 5.74) is 0.954. The Morgan fingerprint density at radius 1 is 1.35 bits per heavy atom. The van der Waals surface area contributed by atoms with E-state index < -0.39 is 0 Å². The second-order valence-electron chi connectivity index (χ2n) is 5.47. The lowest BCUT2D eigenvalue weighted by molar-refractivity contribution is 0.304. The molecule has 4 nitrogen and oxygen atoms in total. The zero-order chi connectivity index (χ0) is 14.5. The number of halogens is 1. The second kappa shape index (κ2) is 7.25. The van der Waals surface area contributed by atoms with E-state index in [4.69, 9.17) is 4.74 Å². The van der Waals surface area contributed by atoms with Crippen molar-refractivity contribution in [2.24, 2.45) is 0 Å². The van der Waals surface area contributed by atoms with Gasteiger partial charge in [0.15, 0.2) is 0 Å². The standard InChI is InChI=1S/C15H24BrN3O/c1-4-9-20-14-10-11(2)17-15(18-14)19(3)13-8-6-5-7-12(13)16/h10,12-13H,4-9H2,1-3H3. The molecule has 2 atom stereocenters. The average Bonchev–Trinajstić information content (AvgIpc) is 2.44. The smallest absolute Gasteiger partial charge is 0.228 e. The van der Waals surface area contributed by atoms with Crippen LogP contribution in [0.15, 0.2) is 6.07 Å². The predicted octanol–water partition coefficient (Wildman–Crippen LogP) is 3.72. The summed E-state index contributed by atoms with van der Waals surface area (Å²) in [7, 11) is 2.09. The van der Waals surface area contributed by atoms with Crippen LogP contribution in [0.5, 0.6) is 5.88 Å². The molecule has 1 fully saturated rings. The molecular formula is C15H24BrN3O. The lowest BCUT2D eigenvalue weighted by Gasteiger charge is -2.35. The molecule has 0 aliphatic heterocycles. The number of aromatic nitrogens is 2. The molecule has 0 amide bonds. The van der Waals surface area contributed by atoms with Crippen LogP contribution in [0.25, 0.3) is 0 Å². The predicted molar refractivity (Wildman–Crippen MR) is 85.9 cm³/mol. The molecule has 112 valence electrons. The summed E-state index contributed by atoms with van der Waals surface area (Å²) < 4.78 is 5.65. The molecule has 2 rings (SSSR count). The summed E-state index contributed by atoms with van der Waals surface area (Å²) in [6, 6.07) is 2.36. The SMILES string of the molecule is CCCOc1cc(C)nc(N(C)C2CCCCC2Br)n1. The molecular weight excluding hydrogens is 318 g/mol. The van der Waals surface area contributed by atoms with Gasteiger partial charge in [-0.1, -0.05) is 35.7 Å². The largest absolute Gasteiger partial charge is 0.478 e. The van der Waals surface area contributed by atoms with Crippen molar-refractivity contribution in [1.82, 2.24) is 9.97 Å². The monoisotopic (exact) mass is 341 g/mol. The number of rotatable bonds is 5. The van der Waals surface area contributed by atoms with Crippen molar-refractivity contribution in [3.63, 3.8) is 0 Å². The van der Waals surface area contributed by atoms with Gasteiger partial charge in [0, 0.05) is 29.7 Å². The van der Waals surface area contributed by atoms with Crippen molar-refractivity contribution in [3.05, 3.63) is 11.8 Å². The Balaban J connectivity index is 2.15. The summed E-state index contributed by atoms with van der Waals surface area (Å²) in [5, 5.41) is 0. The Bertz CT molecular complexity index is 441. The van der Waals surface area contributed by atoms with E-state index in [1.54, 1.807) is 0 Å². The van der Waals surface area contributed by atoms with Gasteiger partial charge < -0.3 is 9.64 Å². The van der Waals surface area contributed by atoms with E-state index in [0.29, 0.717) is 23.4 Å². The third kappa shape index (κ3) is 3.84. The van der Waals surface area contributed by atoms with Crippen LogP contribution >= 0.6 is 15.9 Å². The minimum Gasteiger partial charge on any atom is -0.478 e. The van der Waals surface area contributed by atoms with Gasteiger partial charge in [-0.15, -0.1) is 0 Å². The number of hydrogen-bond acceptors (Lipinski definition) is 4. The number of anilines is 1. The molecule has 0 radical (unpaired) electrons. The number of hydrogen-bond donors (Lipinski definition) is 0. The summed E-state index contributed by atoms with van der Waals surface area (Å²) in [5.74, 6) is 1.45. The lowest BCUT2D eigenvalue weighted by Crippen LogP contribution is -2.41. The number of nitrogens with zero attached hydrogens (tertiary/aromatic N) is 3. The van der Waals surface area contributed by atoms with Crippen LogP contribution in [-0.2, 0) is 0 Å². The van der Waals surface area contributed by atoms with Crippen molar-refractivity contribution in [1.29, 1.82) is 0 Å². The van der Waals surface area contributed by atoms with E-state index in [2.05, 4.69) is 44.8 Å². The first kappa shape index (κ1) is 15.5. The highest BCUT2D eigenvalue weighted by Gasteiger charge is 2.28. The summed E-state index contributed by atoms with van der Waals surface area (Å²) in [6.45, 7) is 4.78. The van der Waals surface area contributed by atoms with Crippen molar-refractivity contribution >= 4 is 21.9 Å². The maximum absolute atomic E-state index is 5.65. The first-order chi connectivity index (χ1) is 9.61. The summed E-state index contributed by atoms with van der Waals surface area (Å²) in [6.07, 6.45) is 5.98. The van der Waals surface area contributed by atoms with Gasteiger partial charge in [-0.25, -0.2) is 4.98 Å². The fraction of sp³-hybridized carbons (Fsp3) is 0.733. The van der Waals surface area contributed by atoms with Crippen molar-refractivity contribution < 1.29 is 4.74 Å². The Kier molecular flexibility index (Phi) is 5.64. The van der Waals surface area contributed by atoms with Crippen LogP contribution in [0.4, 0.5) is 5.95 Å². The minimum atomic E-state index is 0.463. The molecule has 1 aliphatic carbocycles. The Morgan fingerprint density at radius 3 is 2.80 bits per heavy atom. The molecule has 1 saturated carbocycles. The number of ether oxygens (including phenoxy) is 1. The Labute approximate surface area is 130 Å². The third-order valence-corrected chi connectivity index (χ3v) is 4.80. The van der Waals surface area contributed by atoms with Gasteiger partial charge in [-0.05, 0) is 26.2 Å². The average molecular weight is 342 g/mol. The third-order valence-electron chi connectivity index (χ3n) is 3.73. The van der Waals surface area contributed by atoms with E-state index in [9.17, 15) is 0 Å². The molecule has 1 aliphatic rings. The minimum absolute atomic E-state index is 0.463. The molecule has 0 spiro atoms. The molecule has 20 heavy (non-hydrogen) atoms. The van der Waals surface area contributed by atoms with Gasteiger partial charge in [0.25, 0.3) is 0 Å². The maximum atomic E-state index is 5.65. The lowest BCUT2D eigenvalue weighted by atomic mass is 9.94. The molecule has 5 heteroatoms. The Hall–Kier alpha value is -0.840. The van der Waals surface area contributed by atoms with E-state index in [0.717, 1.165) is 18.1 Å². The maximum Gasteiger partial charge on any atom is 0.228 e. The summed E-state index contributed by atoms with van der Waals surface area (Å²) in [4.78, 5) is 11.8. The fourth-order valence-electron chi connectivity index (χ4n) is 2.61. The van der Waals surface area contributed by atoms with Crippen LogP contribution in [0.1, 0.15) is 44.7 Å². The van der Waals surface area contributed by atoms with Crippen molar-refractivity contribution in [2.75, 3.05) is 18.6 Å². The first-order valence-corrected chi connectivity index (χ1v) is 8.38. The van der Waals surface area contributed by atoms with E-state index in [1.807, 2.05) is 13.0 Å². The molecule has 0 N–H and O–H groups in total. The van der Waals surface area contributed by atoms with Crippen molar-refractivity contribution in [3.8, 4) is 5.88 Å². The zero-order valence-electron chi connectivity index (χ0n) is 12.6. The Morgan fingerprint density at radius 2 is 2.10 bits per heavy atom. The van der Waals surface area contributed by atoms with Gasteiger partial charge in [-0.2, -0.15) is 4.98 Å². The highest BCUT2D eigenvalue weighted by molar-refractivity contribution is 9.09. The van der Waals surface area contributed by atoms with Gasteiger partial charge in [0.2, 0.25) is 11.8 Å². The summed E-state index contributed by atoms with van der Waals surface area (Å²) >= 11 is 3.80. The van der Waals surface area contributed by atoms with Gasteiger partial charge in [0.1, 0.15) is 0 Å². The second-order valence-corrected chi connectivity index (χ2v) is 6.65. The molecule has 0 saturated heterocycles. The fourth-order valence-corrected chi connectivity index (χ4v) is 3.56. The quantitative estimate of drug-likeness (QED) is 0.765. The highest BCUT2D eigenvalue weighted by atomic mass is 79.9. The van der Waals surface area contributed by atoms with Crippen LogP contribution in [0.2, 0.25) is 0 Å². The van der Waals surface area contributed by atoms with Gasteiger partial charge >= 0.3 is 0 Å². The van der Waals surface area contributed by atoms with Gasteiger partial charge in [0.05, 0.1) is 6.61 Å². The molecule has 1 aromatic heterocycles. The van der Waals surface area contributed by atoms with Crippen molar-refractivity contribution in [2.45, 2.75) is 56.8 Å².